The van der Waals surface area contributed by atoms with E-state index in [1.54, 1.807) is 0 Å². The lowest BCUT2D eigenvalue weighted by molar-refractivity contribution is 0.0830. The zero-order chi connectivity index (χ0) is 8.74. The van der Waals surface area contributed by atoms with Crippen LogP contribution < -0.4 is 0 Å². The van der Waals surface area contributed by atoms with Crippen LogP contribution in [0.15, 0.2) is 0 Å². The Hall–Kier alpha value is 0.467. The van der Waals surface area contributed by atoms with E-state index < -0.39 is 0 Å². The molecule has 0 aromatic heterocycles. The molecule has 3 heteroatoms. The number of rotatable bonds is 6. The molecular formula is C8H19ClOSi. The highest BCUT2D eigenvalue weighted by Gasteiger charge is 2.25. The van der Waals surface area contributed by atoms with Crippen LogP contribution in [-0.4, -0.2) is 22.0 Å². The van der Waals surface area contributed by atoms with Gasteiger partial charge in [-0.05, 0) is 12.8 Å². The third kappa shape index (κ3) is 3.59. The molecule has 11 heavy (non-hydrogen) atoms. The Labute approximate surface area is 78.0 Å². The largest absolute Gasteiger partial charge is 0.421 e. The molecule has 0 N–H and O–H groups in total. The first-order chi connectivity index (χ1) is 5.24. The minimum Gasteiger partial charge on any atom is -0.421 e. The first-order valence-electron chi connectivity index (χ1n) is 4.35. The van der Waals surface area contributed by atoms with Crippen molar-refractivity contribution in [1.29, 1.82) is 0 Å². The number of hydrogen-bond donors (Lipinski definition) is 0. The van der Waals surface area contributed by atoms with Crippen LogP contribution in [0.1, 0.15) is 39.5 Å². The summed E-state index contributed by atoms with van der Waals surface area (Å²) in [4.78, 5) is 0. The van der Waals surface area contributed by atoms with E-state index in [-0.39, 0.29) is 5.60 Å². The molecule has 0 aliphatic carbocycles. The minimum absolute atomic E-state index is 0.0112. The SMILES string of the molecule is CCCC(CCl)(CCC)O[SiH3]. The van der Waals surface area contributed by atoms with E-state index in [1.165, 1.54) is 0 Å². The standard InChI is InChI=1S/C8H19ClOSi/c1-3-5-8(7-9,10-11)6-4-2/h3-7H2,1-2,11H3. The van der Waals surface area contributed by atoms with Crippen molar-refractivity contribution in [2.75, 3.05) is 5.88 Å². The van der Waals surface area contributed by atoms with Gasteiger partial charge in [0, 0.05) is 0 Å². The minimum atomic E-state index is 0.0112. The van der Waals surface area contributed by atoms with Gasteiger partial charge in [0.2, 0.25) is 0 Å². The zero-order valence-electron chi connectivity index (χ0n) is 7.82. The predicted molar refractivity (Wildman–Crippen MR) is 54.3 cm³/mol. The maximum absolute atomic E-state index is 5.88. The number of alkyl halides is 1. The average Bonchev–Trinajstić information content (AvgIpc) is 2.04. The fourth-order valence-corrected chi connectivity index (χ4v) is 2.54. The van der Waals surface area contributed by atoms with Crippen molar-refractivity contribution in [2.45, 2.75) is 45.1 Å². The van der Waals surface area contributed by atoms with E-state index in [2.05, 4.69) is 13.8 Å². The number of halogens is 1. The van der Waals surface area contributed by atoms with Gasteiger partial charge in [-0.2, -0.15) is 0 Å². The fraction of sp³-hybridized carbons (Fsp3) is 1.00. The lowest BCUT2D eigenvalue weighted by Crippen LogP contribution is -2.33. The van der Waals surface area contributed by atoms with Gasteiger partial charge in [-0.3, -0.25) is 0 Å². The van der Waals surface area contributed by atoms with Crippen molar-refractivity contribution in [2.24, 2.45) is 0 Å². The first kappa shape index (κ1) is 11.5. The molecule has 1 nitrogen and oxygen atoms in total. The van der Waals surface area contributed by atoms with Gasteiger partial charge in [0.1, 0.15) is 10.5 Å². The maximum Gasteiger partial charge on any atom is 0.146 e. The Bertz CT molecular complexity index is 86.1. The second kappa shape index (κ2) is 6.04. The van der Waals surface area contributed by atoms with Crippen LogP contribution in [0.25, 0.3) is 0 Å². The normalized spacial score (nSPS) is 12.3. The van der Waals surface area contributed by atoms with Crippen molar-refractivity contribution in [3.8, 4) is 0 Å². The predicted octanol–water partition coefficient (Wildman–Crippen LogP) is 1.86. The molecule has 0 unspecified atom stereocenters. The van der Waals surface area contributed by atoms with E-state index in [0.717, 1.165) is 36.2 Å². The molecular weight excluding hydrogens is 176 g/mol. The highest BCUT2D eigenvalue weighted by Crippen LogP contribution is 2.24. The molecule has 0 aliphatic heterocycles. The average molecular weight is 195 g/mol. The second-order valence-corrected chi connectivity index (χ2v) is 3.70. The van der Waals surface area contributed by atoms with Gasteiger partial charge in [-0.1, -0.05) is 26.7 Å². The summed E-state index contributed by atoms with van der Waals surface area (Å²) in [5.41, 5.74) is 0.0112. The van der Waals surface area contributed by atoms with Gasteiger partial charge in [-0.25, -0.2) is 0 Å². The molecule has 0 radical (unpaired) electrons. The summed E-state index contributed by atoms with van der Waals surface area (Å²) in [6.45, 7) is 4.36. The van der Waals surface area contributed by atoms with E-state index >= 15 is 0 Å². The summed E-state index contributed by atoms with van der Waals surface area (Å²) in [6.07, 6.45) is 4.53. The molecule has 0 aromatic carbocycles. The molecule has 0 aliphatic rings. The van der Waals surface area contributed by atoms with Gasteiger partial charge >= 0.3 is 0 Å². The van der Waals surface area contributed by atoms with E-state index in [1.807, 2.05) is 0 Å². The molecule has 0 bridgehead atoms. The lowest BCUT2D eigenvalue weighted by Gasteiger charge is -2.30. The van der Waals surface area contributed by atoms with Crippen LogP contribution in [0.5, 0.6) is 0 Å². The quantitative estimate of drug-likeness (QED) is 0.464. The van der Waals surface area contributed by atoms with Crippen LogP contribution in [0.3, 0.4) is 0 Å². The van der Waals surface area contributed by atoms with Gasteiger partial charge < -0.3 is 4.43 Å². The van der Waals surface area contributed by atoms with Crippen molar-refractivity contribution >= 4 is 22.1 Å². The molecule has 0 saturated heterocycles. The summed E-state index contributed by atoms with van der Waals surface area (Å²) in [7, 11) is 0.800. The maximum atomic E-state index is 5.88. The van der Waals surface area contributed by atoms with Crippen molar-refractivity contribution in [3.63, 3.8) is 0 Å². The Morgan fingerprint density at radius 1 is 1.27 bits per heavy atom. The van der Waals surface area contributed by atoms with Crippen LogP contribution in [-0.2, 0) is 4.43 Å². The molecule has 68 valence electrons. The van der Waals surface area contributed by atoms with Crippen LogP contribution in [0.2, 0.25) is 0 Å². The molecule has 0 heterocycles. The Morgan fingerprint density at radius 3 is 1.91 bits per heavy atom. The second-order valence-electron chi connectivity index (χ2n) is 3.02. The molecule has 0 fully saturated rings. The fourth-order valence-electron chi connectivity index (χ4n) is 1.43. The molecule has 0 rings (SSSR count). The molecule has 0 spiro atoms. The molecule has 0 amide bonds. The van der Waals surface area contributed by atoms with E-state index in [4.69, 9.17) is 16.0 Å². The Kier molecular flexibility index (Phi) is 6.29. The van der Waals surface area contributed by atoms with Gasteiger partial charge in [0.05, 0.1) is 11.5 Å². The summed E-state index contributed by atoms with van der Waals surface area (Å²) >= 11 is 5.88. The monoisotopic (exact) mass is 194 g/mol. The molecule has 0 aromatic rings. The zero-order valence-corrected chi connectivity index (χ0v) is 10.6. The summed E-state index contributed by atoms with van der Waals surface area (Å²) < 4.78 is 5.57. The summed E-state index contributed by atoms with van der Waals surface area (Å²) in [5, 5.41) is 0. The van der Waals surface area contributed by atoms with Crippen molar-refractivity contribution in [1.82, 2.24) is 0 Å². The van der Waals surface area contributed by atoms with Crippen LogP contribution in [0, 0.1) is 0 Å². The van der Waals surface area contributed by atoms with E-state index in [0.29, 0.717) is 5.88 Å². The van der Waals surface area contributed by atoms with Gasteiger partial charge in [0.15, 0.2) is 0 Å². The summed E-state index contributed by atoms with van der Waals surface area (Å²) in [5.74, 6) is 0.651. The highest BCUT2D eigenvalue weighted by molar-refractivity contribution is 6.18. The Morgan fingerprint density at radius 2 is 1.73 bits per heavy atom. The molecule has 0 saturated carbocycles. The topological polar surface area (TPSA) is 9.23 Å². The number of hydrogen-bond acceptors (Lipinski definition) is 1. The third-order valence-corrected chi connectivity index (χ3v) is 3.44. The van der Waals surface area contributed by atoms with Gasteiger partial charge in [-0.15, -0.1) is 11.6 Å². The lowest BCUT2D eigenvalue weighted by atomic mass is 9.95. The molecule has 0 atom stereocenters. The van der Waals surface area contributed by atoms with Crippen LogP contribution in [0.4, 0.5) is 0 Å². The first-order valence-corrected chi connectivity index (χ1v) is 5.71. The smallest absolute Gasteiger partial charge is 0.146 e. The Balaban J connectivity index is 3.96. The summed E-state index contributed by atoms with van der Waals surface area (Å²) in [6, 6.07) is 0. The highest BCUT2D eigenvalue weighted by atomic mass is 35.5. The van der Waals surface area contributed by atoms with Crippen LogP contribution >= 0.6 is 11.6 Å². The third-order valence-electron chi connectivity index (χ3n) is 2.09. The van der Waals surface area contributed by atoms with Crippen molar-refractivity contribution < 1.29 is 4.43 Å². The van der Waals surface area contributed by atoms with E-state index in [9.17, 15) is 0 Å². The van der Waals surface area contributed by atoms with Crippen molar-refractivity contribution in [3.05, 3.63) is 0 Å². The van der Waals surface area contributed by atoms with Gasteiger partial charge in [0.25, 0.3) is 0 Å².